The van der Waals surface area contributed by atoms with Crippen LogP contribution in [0.5, 0.6) is 0 Å². The van der Waals surface area contributed by atoms with Crippen molar-refractivity contribution in [2.75, 3.05) is 13.7 Å². The summed E-state index contributed by atoms with van der Waals surface area (Å²) in [5.41, 5.74) is 2.48. The Bertz CT molecular complexity index is 303. The first-order chi connectivity index (χ1) is 7.06. The Morgan fingerprint density at radius 3 is 2.40 bits per heavy atom. The van der Waals surface area contributed by atoms with Crippen molar-refractivity contribution in [3.63, 3.8) is 0 Å². The third kappa shape index (κ3) is 3.06. The van der Waals surface area contributed by atoms with Crippen LogP contribution >= 0.6 is 0 Å². The van der Waals surface area contributed by atoms with Crippen molar-refractivity contribution >= 4 is 0 Å². The van der Waals surface area contributed by atoms with E-state index in [0.717, 1.165) is 13.2 Å². The third-order valence-corrected chi connectivity index (χ3v) is 2.52. The molecule has 3 heteroatoms. The smallest absolute Gasteiger partial charge is 0.0658 e. The first kappa shape index (κ1) is 12.2. The Labute approximate surface area is 92.4 Å². The zero-order valence-electron chi connectivity index (χ0n) is 10.4. The first-order valence-corrected chi connectivity index (χ1v) is 5.62. The maximum atomic E-state index is 5.09. The highest BCUT2D eigenvalue weighted by Gasteiger charge is 2.12. The van der Waals surface area contributed by atoms with Crippen LogP contribution in [0.3, 0.4) is 0 Å². The molecule has 0 unspecified atom stereocenters. The molecule has 0 aromatic carbocycles. The molecule has 0 atom stereocenters. The fourth-order valence-electron chi connectivity index (χ4n) is 1.56. The van der Waals surface area contributed by atoms with Crippen LogP contribution in [0, 0.1) is 0 Å². The molecule has 1 rings (SSSR count). The summed E-state index contributed by atoms with van der Waals surface area (Å²) in [6.07, 6.45) is 0. The number of hydrogen-bond acceptors (Lipinski definition) is 2. The zero-order chi connectivity index (χ0) is 11.4. The van der Waals surface area contributed by atoms with Gasteiger partial charge in [-0.25, -0.2) is 0 Å². The number of methoxy groups -OCH3 is 1. The average Bonchev–Trinajstić information content (AvgIpc) is 2.58. The van der Waals surface area contributed by atoms with Crippen molar-refractivity contribution in [2.24, 2.45) is 0 Å². The van der Waals surface area contributed by atoms with Crippen LogP contribution in [-0.2, 0) is 11.3 Å². The molecule has 86 valence electrons. The van der Waals surface area contributed by atoms with Crippen LogP contribution < -0.4 is 0 Å². The molecule has 0 aliphatic carbocycles. The molecule has 0 saturated heterocycles. The van der Waals surface area contributed by atoms with E-state index in [0.29, 0.717) is 11.8 Å². The standard InChI is InChI=1S/C12H22N2O/c1-9(2)11-8-12(10(3)4)14(13-11)6-7-15-5/h8-10H,6-7H2,1-5H3. The van der Waals surface area contributed by atoms with Gasteiger partial charge in [0.05, 0.1) is 18.8 Å². The third-order valence-electron chi connectivity index (χ3n) is 2.52. The van der Waals surface area contributed by atoms with Crippen LogP contribution in [0.25, 0.3) is 0 Å². The van der Waals surface area contributed by atoms with Crippen molar-refractivity contribution < 1.29 is 4.74 Å². The lowest BCUT2D eigenvalue weighted by molar-refractivity contribution is 0.182. The molecule has 0 aliphatic heterocycles. The number of aromatic nitrogens is 2. The van der Waals surface area contributed by atoms with E-state index < -0.39 is 0 Å². The molecule has 0 aliphatic rings. The van der Waals surface area contributed by atoms with Crippen molar-refractivity contribution in [3.05, 3.63) is 17.5 Å². The van der Waals surface area contributed by atoms with Crippen LogP contribution in [0.15, 0.2) is 6.07 Å². The van der Waals surface area contributed by atoms with Gasteiger partial charge in [0.2, 0.25) is 0 Å². The molecule has 0 spiro atoms. The van der Waals surface area contributed by atoms with E-state index in [1.807, 2.05) is 0 Å². The van der Waals surface area contributed by atoms with E-state index >= 15 is 0 Å². The van der Waals surface area contributed by atoms with Crippen LogP contribution in [-0.4, -0.2) is 23.5 Å². The minimum absolute atomic E-state index is 0.492. The number of ether oxygens (including phenoxy) is 1. The highest BCUT2D eigenvalue weighted by Crippen LogP contribution is 2.20. The monoisotopic (exact) mass is 210 g/mol. The topological polar surface area (TPSA) is 27.1 Å². The quantitative estimate of drug-likeness (QED) is 0.747. The Kier molecular flexibility index (Phi) is 4.33. The van der Waals surface area contributed by atoms with E-state index in [2.05, 4.69) is 43.5 Å². The van der Waals surface area contributed by atoms with Crippen molar-refractivity contribution in [2.45, 2.75) is 46.1 Å². The highest BCUT2D eigenvalue weighted by atomic mass is 16.5. The minimum Gasteiger partial charge on any atom is -0.383 e. The number of rotatable bonds is 5. The van der Waals surface area contributed by atoms with E-state index in [9.17, 15) is 0 Å². The molecular formula is C12H22N2O. The van der Waals surface area contributed by atoms with Gasteiger partial charge < -0.3 is 4.74 Å². The van der Waals surface area contributed by atoms with E-state index in [1.54, 1.807) is 7.11 Å². The van der Waals surface area contributed by atoms with E-state index in [4.69, 9.17) is 4.74 Å². The first-order valence-electron chi connectivity index (χ1n) is 5.62. The summed E-state index contributed by atoms with van der Waals surface area (Å²) in [6, 6.07) is 2.21. The van der Waals surface area contributed by atoms with Gasteiger partial charge in [0.1, 0.15) is 0 Å². The summed E-state index contributed by atoms with van der Waals surface area (Å²) < 4.78 is 7.16. The molecule has 1 aromatic rings. The molecule has 0 fully saturated rings. The summed E-state index contributed by atoms with van der Waals surface area (Å²) in [7, 11) is 1.72. The van der Waals surface area contributed by atoms with Crippen LogP contribution in [0.1, 0.15) is 50.9 Å². The second-order valence-electron chi connectivity index (χ2n) is 4.52. The van der Waals surface area contributed by atoms with Gasteiger partial charge >= 0.3 is 0 Å². The Hall–Kier alpha value is -0.830. The van der Waals surface area contributed by atoms with Crippen LogP contribution in [0.2, 0.25) is 0 Å². The second-order valence-corrected chi connectivity index (χ2v) is 4.52. The van der Waals surface area contributed by atoms with Crippen LogP contribution in [0.4, 0.5) is 0 Å². The van der Waals surface area contributed by atoms with Gasteiger partial charge in [0.15, 0.2) is 0 Å². The maximum Gasteiger partial charge on any atom is 0.0658 e. The van der Waals surface area contributed by atoms with Gasteiger partial charge in [0, 0.05) is 12.8 Å². The van der Waals surface area contributed by atoms with E-state index in [-0.39, 0.29) is 0 Å². The molecule has 0 radical (unpaired) electrons. The van der Waals surface area contributed by atoms with Gasteiger partial charge in [-0.3, -0.25) is 4.68 Å². The molecule has 3 nitrogen and oxygen atoms in total. The van der Waals surface area contributed by atoms with Gasteiger partial charge in [-0.1, -0.05) is 27.7 Å². The molecule has 0 saturated carbocycles. The summed E-state index contributed by atoms with van der Waals surface area (Å²) in [5.74, 6) is 1.01. The maximum absolute atomic E-state index is 5.09. The highest BCUT2D eigenvalue weighted by molar-refractivity contribution is 5.16. The zero-order valence-corrected chi connectivity index (χ0v) is 10.4. The van der Waals surface area contributed by atoms with Crippen molar-refractivity contribution in [1.29, 1.82) is 0 Å². The fourth-order valence-corrected chi connectivity index (χ4v) is 1.56. The summed E-state index contributed by atoms with van der Waals surface area (Å²) in [4.78, 5) is 0. The Morgan fingerprint density at radius 1 is 1.27 bits per heavy atom. The number of nitrogens with zero attached hydrogens (tertiary/aromatic N) is 2. The number of hydrogen-bond donors (Lipinski definition) is 0. The normalized spacial score (nSPS) is 11.7. The molecular weight excluding hydrogens is 188 g/mol. The fraction of sp³-hybridized carbons (Fsp3) is 0.750. The lowest BCUT2D eigenvalue weighted by Gasteiger charge is -2.08. The summed E-state index contributed by atoms with van der Waals surface area (Å²) in [6.45, 7) is 10.3. The van der Waals surface area contributed by atoms with Crippen molar-refractivity contribution in [1.82, 2.24) is 9.78 Å². The molecule has 1 heterocycles. The van der Waals surface area contributed by atoms with Gasteiger partial charge in [-0.2, -0.15) is 5.10 Å². The van der Waals surface area contributed by atoms with E-state index in [1.165, 1.54) is 11.4 Å². The molecule has 15 heavy (non-hydrogen) atoms. The largest absolute Gasteiger partial charge is 0.383 e. The summed E-state index contributed by atoms with van der Waals surface area (Å²) in [5, 5.41) is 4.61. The lowest BCUT2D eigenvalue weighted by Crippen LogP contribution is -2.10. The molecule has 0 bridgehead atoms. The lowest BCUT2D eigenvalue weighted by atomic mass is 10.1. The Morgan fingerprint density at radius 2 is 1.93 bits per heavy atom. The molecule has 0 N–H and O–H groups in total. The van der Waals surface area contributed by atoms with Gasteiger partial charge in [-0.15, -0.1) is 0 Å². The SMILES string of the molecule is COCCn1nc(C(C)C)cc1C(C)C. The van der Waals surface area contributed by atoms with Crippen molar-refractivity contribution in [3.8, 4) is 0 Å². The van der Waals surface area contributed by atoms with Gasteiger partial charge in [0.25, 0.3) is 0 Å². The van der Waals surface area contributed by atoms with Gasteiger partial charge in [-0.05, 0) is 17.9 Å². The second kappa shape index (κ2) is 5.31. The predicted octanol–water partition coefficient (Wildman–Crippen LogP) is 2.78. The molecule has 0 amide bonds. The molecule has 1 aromatic heterocycles. The average molecular weight is 210 g/mol. The summed E-state index contributed by atoms with van der Waals surface area (Å²) >= 11 is 0. The Balaban J connectivity index is 2.90. The minimum atomic E-state index is 0.492. The predicted molar refractivity (Wildman–Crippen MR) is 62.3 cm³/mol.